The largest absolute Gasteiger partial charge is 0.435 e. The number of ether oxygens (including phenoxy) is 1. The quantitative estimate of drug-likeness (QED) is 0.660. The number of aryl methyl sites for hydroxylation is 1. The normalized spacial score (nSPS) is 10.9. The molecule has 1 N–H and O–H groups in total. The second kappa shape index (κ2) is 8.18. The van der Waals surface area contributed by atoms with E-state index < -0.39 is 12.5 Å². The van der Waals surface area contributed by atoms with E-state index in [9.17, 15) is 13.6 Å². The van der Waals surface area contributed by atoms with Crippen LogP contribution in [0.25, 0.3) is 0 Å². The van der Waals surface area contributed by atoms with Crippen molar-refractivity contribution in [3.05, 3.63) is 76.4 Å². The molecule has 0 bridgehead atoms. The van der Waals surface area contributed by atoms with Crippen LogP contribution in [-0.2, 0) is 6.54 Å². The van der Waals surface area contributed by atoms with Crippen LogP contribution in [0.3, 0.4) is 0 Å². The fourth-order valence-corrected chi connectivity index (χ4v) is 2.72. The average molecular weight is 392 g/mol. The lowest BCUT2D eigenvalue weighted by molar-refractivity contribution is -0.0498. The minimum absolute atomic E-state index is 0.0851. The lowest BCUT2D eigenvalue weighted by Gasteiger charge is -2.07. The molecule has 1 aromatic heterocycles. The van der Waals surface area contributed by atoms with Crippen molar-refractivity contribution in [2.75, 3.05) is 5.32 Å². The van der Waals surface area contributed by atoms with E-state index in [2.05, 4.69) is 15.2 Å². The number of aromatic nitrogens is 2. The van der Waals surface area contributed by atoms with Crippen LogP contribution in [-0.4, -0.2) is 22.3 Å². The third kappa shape index (κ3) is 4.83. The summed E-state index contributed by atoms with van der Waals surface area (Å²) in [7, 11) is 0. The van der Waals surface area contributed by atoms with Crippen LogP contribution >= 0.6 is 11.6 Å². The number of hydrogen-bond donors (Lipinski definition) is 1. The monoisotopic (exact) mass is 391 g/mol. The van der Waals surface area contributed by atoms with Crippen LogP contribution in [0, 0.1) is 6.92 Å². The Balaban J connectivity index is 1.73. The van der Waals surface area contributed by atoms with Gasteiger partial charge in [0, 0.05) is 22.3 Å². The molecule has 0 aliphatic carbocycles. The van der Waals surface area contributed by atoms with Gasteiger partial charge in [-0.05, 0) is 36.8 Å². The fraction of sp³-hybridized carbons (Fsp3) is 0.158. The third-order valence-corrected chi connectivity index (χ3v) is 4.19. The van der Waals surface area contributed by atoms with Crippen molar-refractivity contribution in [2.24, 2.45) is 0 Å². The van der Waals surface area contributed by atoms with Crippen LogP contribution in [0.5, 0.6) is 5.75 Å². The second-order valence-corrected chi connectivity index (χ2v) is 6.19. The summed E-state index contributed by atoms with van der Waals surface area (Å²) in [6.07, 6.45) is 0. The maximum Gasteiger partial charge on any atom is 0.387 e. The summed E-state index contributed by atoms with van der Waals surface area (Å²) in [5.74, 6) is -0.208. The number of benzene rings is 2. The lowest BCUT2D eigenvalue weighted by atomic mass is 10.2. The van der Waals surface area contributed by atoms with Crippen LogP contribution in [0.2, 0.25) is 5.02 Å². The Morgan fingerprint density at radius 2 is 2.00 bits per heavy atom. The van der Waals surface area contributed by atoms with Gasteiger partial charge < -0.3 is 10.1 Å². The zero-order valence-electron chi connectivity index (χ0n) is 14.3. The summed E-state index contributed by atoms with van der Waals surface area (Å²) >= 11 is 6.17. The van der Waals surface area contributed by atoms with E-state index >= 15 is 0 Å². The predicted molar refractivity (Wildman–Crippen MR) is 98.5 cm³/mol. The Kier molecular flexibility index (Phi) is 5.71. The second-order valence-electron chi connectivity index (χ2n) is 5.78. The van der Waals surface area contributed by atoms with Crippen molar-refractivity contribution in [2.45, 2.75) is 20.1 Å². The highest BCUT2D eigenvalue weighted by molar-refractivity contribution is 6.31. The summed E-state index contributed by atoms with van der Waals surface area (Å²) in [6, 6.07) is 14.7. The molecule has 140 valence electrons. The van der Waals surface area contributed by atoms with Gasteiger partial charge in [0.2, 0.25) is 0 Å². The first-order valence-electron chi connectivity index (χ1n) is 8.06. The smallest absolute Gasteiger partial charge is 0.387 e. The molecule has 0 atom stereocenters. The van der Waals surface area contributed by atoms with Crippen LogP contribution in [0.15, 0.2) is 54.6 Å². The van der Waals surface area contributed by atoms with Crippen molar-refractivity contribution in [1.82, 2.24) is 9.78 Å². The van der Waals surface area contributed by atoms with Gasteiger partial charge in [0.15, 0.2) is 5.82 Å². The molecule has 3 rings (SSSR count). The van der Waals surface area contributed by atoms with E-state index in [0.717, 1.165) is 11.3 Å². The summed E-state index contributed by atoms with van der Waals surface area (Å²) in [4.78, 5) is 12.4. The zero-order chi connectivity index (χ0) is 19.4. The molecule has 1 amide bonds. The Morgan fingerprint density at radius 1 is 1.22 bits per heavy atom. The summed E-state index contributed by atoms with van der Waals surface area (Å²) in [6.45, 7) is -0.637. The van der Waals surface area contributed by atoms with Gasteiger partial charge in [0.1, 0.15) is 5.75 Å². The van der Waals surface area contributed by atoms with Gasteiger partial charge >= 0.3 is 6.61 Å². The maximum absolute atomic E-state index is 12.4. The minimum atomic E-state index is -2.95. The standard InChI is InChI=1S/C19H16ClF2N3O2/c1-12-9-17(24-25(12)11-14-5-2-3-8-16(14)20)23-18(26)13-6-4-7-15(10-13)27-19(21)22/h2-10,19H,11H2,1H3,(H,23,24,26). The zero-order valence-corrected chi connectivity index (χ0v) is 15.1. The lowest BCUT2D eigenvalue weighted by Crippen LogP contribution is -2.13. The molecule has 1 heterocycles. The van der Waals surface area contributed by atoms with Crippen molar-refractivity contribution < 1.29 is 18.3 Å². The average Bonchev–Trinajstić information content (AvgIpc) is 2.95. The number of carbonyl (C=O) groups is 1. The molecule has 5 nitrogen and oxygen atoms in total. The van der Waals surface area contributed by atoms with E-state index in [1.54, 1.807) is 16.8 Å². The summed E-state index contributed by atoms with van der Waals surface area (Å²) in [5, 5.41) is 7.64. The van der Waals surface area contributed by atoms with Crippen molar-refractivity contribution >= 4 is 23.3 Å². The molecule has 2 aromatic carbocycles. The first-order valence-corrected chi connectivity index (χ1v) is 8.44. The Labute approximate surface area is 159 Å². The number of alkyl halides is 2. The fourth-order valence-electron chi connectivity index (χ4n) is 2.52. The van der Waals surface area contributed by atoms with Crippen LogP contribution < -0.4 is 10.1 Å². The van der Waals surface area contributed by atoms with Crippen molar-refractivity contribution in [1.29, 1.82) is 0 Å². The summed E-state index contributed by atoms with van der Waals surface area (Å²) in [5.41, 5.74) is 1.92. The van der Waals surface area contributed by atoms with E-state index in [-0.39, 0.29) is 11.3 Å². The predicted octanol–water partition coefficient (Wildman–Crippen LogP) is 4.75. The molecular formula is C19H16ClF2N3O2. The maximum atomic E-state index is 12.4. The van der Waals surface area contributed by atoms with Crippen molar-refractivity contribution in [3.8, 4) is 5.75 Å². The van der Waals surface area contributed by atoms with E-state index in [0.29, 0.717) is 17.4 Å². The molecule has 0 radical (unpaired) electrons. The topological polar surface area (TPSA) is 56.1 Å². The van der Waals surface area contributed by atoms with Gasteiger partial charge in [-0.2, -0.15) is 13.9 Å². The molecule has 8 heteroatoms. The Hall–Kier alpha value is -2.93. The van der Waals surface area contributed by atoms with Gasteiger partial charge in [-0.3, -0.25) is 9.48 Å². The SMILES string of the molecule is Cc1cc(NC(=O)c2cccc(OC(F)F)c2)nn1Cc1ccccc1Cl. The van der Waals surface area contributed by atoms with Crippen LogP contribution in [0.4, 0.5) is 14.6 Å². The van der Waals surface area contributed by atoms with Crippen molar-refractivity contribution in [3.63, 3.8) is 0 Å². The number of nitrogens with one attached hydrogen (secondary N) is 1. The molecule has 0 spiro atoms. The highest BCUT2D eigenvalue weighted by Gasteiger charge is 2.13. The molecule has 0 aliphatic heterocycles. The van der Waals surface area contributed by atoms with E-state index in [1.807, 2.05) is 25.1 Å². The number of nitrogens with zero attached hydrogens (tertiary/aromatic N) is 2. The molecule has 0 saturated carbocycles. The van der Waals surface area contributed by atoms with Gasteiger partial charge in [-0.1, -0.05) is 35.9 Å². The van der Waals surface area contributed by atoms with E-state index in [1.165, 1.54) is 24.3 Å². The first kappa shape index (κ1) is 18.8. The number of anilines is 1. The molecule has 0 unspecified atom stereocenters. The highest BCUT2D eigenvalue weighted by atomic mass is 35.5. The Morgan fingerprint density at radius 3 is 2.74 bits per heavy atom. The first-order chi connectivity index (χ1) is 12.9. The molecule has 0 aliphatic rings. The van der Waals surface area contributed by atoms with Gasteiger partial charge in [0.05, 0.1) is 6.54 Å². The van der Waals surface area contributed by atoms with Gasteiger partial charge in [-0.25, -0.2) is 0 Å². The number of amides is 1. The van der Waals surface area contributed by atoms with Crippen LogP contribution in [0.1, 0.15) is 21.6 Å². The number of rotatable bonds is 6. The number of hydrogen-bond acceptors (Lipinski definition) is 3. The highest BCUT2D eigenvalue weighted by Crippen LogP contribution is 2.20. The summed E-state index contributed by atoms with van der Waals surface area (Å²) < 4.78 is 30.6. The molecule has 27 heavy (non-hydrogen) atoms. The van der Waals surface area contributed by atoms with Gasteiger partial charge in [0.25, 0.3) is 5.91 Å². The van der Waals surface area contributed by atoms with E-state index in [4.69, 9.17) is 11.6 Å². The molecular weight excluding hydrogens is 376 g/mol. The molecule has 0 fully saturated rings. The molecule has 3 aromatic rings. The Bertz CT molecular complexity index is 960. The minimum Gasteiger partial charge on any atom is -0.435 e. The number of halogens is 3. The molecule has 0 saturated heterocycles. The number of carbonyl (C=O) groups excluding carboxylic acids is 1. The third-order valence-electron chi connectivity index (χ3n) is 3.82. The van der Waals surface area contributed by atoms with Gasteiger partial charge in [-0.15, -0.1) is 0 Å².